The van der Waals surface area contributed by atoms with Crippen LogP contribution in [0.5, 0.6) is 0 Å². The lowest BCUT2D eigenvalue weighted by Gasteiger charge is -2.19. The van der Waals surface area contributed by atoms with Gasteiger partial charge in [-0.15, -0.1) is 0 Å². The summed E-state index contributed by atoms with van der Waals surface area (Å²) in [5, 5.41) is 2.85. The van der Waals surface area contributed by atoms with Crippen molar-refractivity contribution in [3.05, 3.63) is 35.4 Å². The molecule has 128 valence electrons. The summed E-state index contributed by atoms with van der Waals surface area (Å²) in [5.41, 5.74) is 2.21. The SMILES string of the molecule is Cc1ccc(CNC(=O)CCN2C(=O)C3CCCCC3C2=O)cc1. The van der Waals surface area contributed by atoms with Crippen LogP contribution in [-0.4, -0.2) is 29.2 Å². The number of aryl methyl sites for hydroxylation is 1. The van der Waals surface area contributed by atoms with E-state index in [9.17, 15) is 14.4 Å². The number of fused-ring (bicyclic) bond motifs is 1. The van der Waals surface area contributed by atoms with Crippen molar-refractivity contribution in [2.45, 2.75) is 45.6 Å². The molecule has 5 heteroatoms. The summed E-state index contributed by atoms with van der Waals surface area (Å²) in [6, 6.07) is 7.97. The number of benzene rings is 1. The van der Waals surface area contributed by atoms with E-state index in [1.807, 2.05) is 31.2 Å². The molecule has 0 spiro atoms. The van der Waals surface area contributed by atoms with Gasteiger partial charge < -0.3 is 5.32 Å². The summed E-state index contributed by atoms with van der Waals surface area (Å²) in [4.78, 5) is 38.0. The molecular weight excluding hydrogens is 304 g/mol. The summed E-state index contributed by atoms with van der Waals surface area (Å²) >= 11 is 0. The Morgan fingerprint density at radius 1 is 1.08 bits per heavy atom. The second-order valence-corrected chi connectivity index (χ2v) is 6.84. The second-order valence-electron chi connectivity index (χ2n) is 6.84. The summed E-state index contributed by atoms with van der Waals surface area (Å²) in [6.45, 7) is 2.68. The van der Waals surface area contributed by atoms with Gasteiger partial charge in [-0.05, 0) is 25.3 Å². The third-order valence-corrected chi connectivity index (χ3v) is 5.11. The van der Waals surface area contributed by atoms with Crippen molar-refractivity contribution >= 4 is 17.7 Å². The third-order valence-electron chi connectivity index (χ3n) is 5.11. The number of nitrogens with zero attached hydrogens (tertiary/aromatic N) is 1. The number of nitrogens with one attached hydrogen (secondary N) is 1. The first-order valence-corrected chi connectivity index (χ1v) is 8.74. The average Bonchev–Trinajstić information content (AvgIpc) is 2.84. The van der Waals surface area contributed by atoms with Gasteiger partial charge in [-0.2, -0.15) is 0 Å². The third kappa shape index (κ3) is 3.50. The molecule has 1 aliphatic heterocycles. The van der Waals surface area contributed by atoms with E-state index in [4.69, 9.17) is 0 Å². The Morgan fingerprint density at radius 2 is 1.67 bits per heavy atom. The lowest BCUT2D eigenvalue weighted by Crippen LogP contribution is -2.35. The molecule has 1 saturated heterocycles. The van der Waals surface area contributed by atoms with Crippen LogP contribution < -0.4 is 5.32 Å². The van der Waals surface area contributed by atoms with Gasteiger partial charge in [0.05, 0.1) is 11.8 Å². The number of rotatable bonds is 5. The molecule has 1 aliphatic carbocycles. The van der Waals surface area contributed by atoms with Gasteiger partial charge >= 0.3 is 0 Å². The number of imide groups is 1. The Balaban J connectivity index is 1.48. The van der Waals surface area contributed by atoms with Gasteiger partial charge in [-0.25, -0.2) is 0 Å². The van der Waals surface area contributed by atoms with E-state index >= 15 is 0 Å². The quantitative estimate of drug-likeness (QED) is 0.843. The first-order valence-electron chi connectivity index (χ1n) is 8.74. The van der Waals surface area contributed by atoms with Gasteiger partial charge in [-0.1, -0.05) is 42.7 Å². The summed E-state index contributed by atoms with van der Waals surface area (Å²) in [6.07, 6.45) is 3.83. The highest BCUT2D eigenvalue weighted by Gasteiger charge is 2.47. The average molecular weight is 328 g/mol. The zero-order chi connectivity index (χ0) is 17.1. The molecule has 0 radical (unpaired) electrons. The van der Waals surface area contributed by atoms with E-state index in [-0.39, 0.29) is 42.5 Å². The van der Waals surface area contributed by atoms with Gasteiger partial charge in [-0.3, -0.25) is 19.3 Å². The van der Waals surface area contributed by atoms with Crippen LogP contribution >= 0.6 is 0 Å². The van der Waals surface area contributed by atoms with E-state index in [2.05, 4.69) is 5.32 Å². The molecule has 2 aliphatic rings. The predicted molar refractivity (Wildman–Crippen MR) is 89.8 cm³/mol. The van der Waals surface area contributed by atoms with Crippen LogP contribution in [0.1, 0.15) is 43.2 Å². The Hall–Kier alpha value is -2.17. The fourth-order valence-corrected chi connectivity index (χ4v) is 3.66. The van der Waals surface area contributed by atoms with Crippen LogP contribution in [0.3, 0.4) is 0 Å². The maximum absolute atomic E-state index is 12.3. The number of hydrogen-bond donors (Lipinski definition) is 1. The number of likely N-dealkylation sites (tertiary alicyclic amines) is 1. The minimum Gasteiger partial charge on any atom is -0.352 e. The minimum atomic E-state index is -0.137. The maximum Gasteiger partial charge on any atom is 0.233 e. The molecule has 3 rings (SSSR count). The first-order chi connectivity index (χ1) is 11.6. The molecule has 1 aromatic carbocycles. The summed E-state index contributed by atoms with van der Waals surface area (Å²) in [5.74, 6) is -0.554. The number of carbonyl (C=O) groups excluding carboxylic acids is 3. The lowest BCUT2D eigenvalue weighted by atomic mass is 9.81. The normalized spacial score (nSPS) is 23.3. The fraction of sp³-hybridized carbons (Fsp3) is 0.526. The molecule has 5 nitrogen and oxygen atoms in total. The van der Waals surface area contributed by atoms with Crippen molar-refractivity contribution in [3.63, 3.8) is 0 Å². The van der Waals surface area contributed by atoms with Crippen molar-refractivity contribution in [1.82, 2.24) is 10.2 Å². The molecule has 1 heterocycles. The molecule has 0 aromatic heterocycles. The topological polar surface area (TPSA) is 66.5 Å². The Morgan fingerprint density at radius 3 is 2.25 bits per heavy atom. The van der Waals surface area contributed by atoms with Gasteiger partial charge in [0.2, 0.25) is 17.7 Å². The number of amides is 3. The van der Waals surface area contributed by atoms with E-state index in [1.165, 1.54) is 10.5 Å². The first kappa shape index (κ1) is 16.7. The largest absolute Gasteiger partial charge is 0.352 e. The molecule has 3 amide bonds. The van der Waals surface area contributed by atoms with Crippen LogP contribution in [0, 0.1) is 18.8 Å². The highest BCUT2D eigenvalue weighted by molar-refractivity contribution is 6.05. The standard InChI is InChI=1S/C19H24N2O3/c1-13-6-8-14(9-7-13)12-20-17(22)10-11-21-18(23)15-4-2-3-5-16(15)19(21)24/h6-9,15-16H,2-5,10-12H2,1H3,(H,20,22). The van der Waals surface area contributed by atoms with Crippen molar-refractivity contribution < 1.29 is 14.4 Å². The molecule has 0 bridgehead atoms. The van der Waals surface area contributed by atoms with E-state index in [0.717, 1.165) is 31.2 Å². The Kier molecular flexibility index (Phi) is 4.97. The molecule has 24 heavy (non-hydrogen) atoms. The summed E-state index contributed by atoms with van der Waals surface area (Å²) in [7, 11) is 0. The van der Waals surface area contributed by atoms with E-state index in [0.29, 0.717) is 6.54 Å². The van der Waals surface area contributed by atoms with E-state index < -0.39 is 0 Å². The maximum atomic E-state index is 12.3. The highest BCUT2D eigenvalue weighted by atomic mass is 16.2. The fourth-order valence-electron chi connectivity index (χ4n) is 3.66. The van der Waals surface area contributed by atoms with Crippen molar-refractivity contribution in [1.29, 1.82) is 0 Å². The van der Waals surface area contributed by atoms with Crippen LogP contribution in [0.4, 0.5) is 0 Å². The smallest absolute Gasteiger partial charge is 0.233 e. The van der Waals surface area contributed by atoms with E-state index in [1.54, 1.807) is 0 Å². The zero-order valence-electron chi connectivity index (χ0n) is 14.1. The molecule has 1 saturated carbocycles. The van der Waals surface area contributed by atoms with Crippen LogP contribution in [-0.2, 0) is 20.9 Å². The lowest BCUT2D eigenvalue weighted by molar-refractivity contribution is -0.140. The monoisotopic (exact) mass is 328 g/mol. The molecule has 1 aromatic rings. The molecule has 1 N–H and O–H groups in total. The van der Waals surface area contributed by atoms with Gasteiger partial charge in [0.1, 0.15) is 0 Å². The van der Waals surface area contributed by atoms with Crippen molar-refractivity contribution in [2.75, 3.05) is 6.54 Å². The zero-order valence-corrected chi connectivity index (χ0v) is 14.1. The summed E-state index contributed by atoms with van der Waals surface area (Å²) < 4.78 is 0. The minimum absolute atomic E-state index is 0.0731. The number of hydrogen-bond acceptors (Lipinski definition) is 3. The Bertz CT molecular complexity index is 615. The van der Waals surface area contributed by atoms with Crippen LogP contribution in [0.15, 0.2) is 24.3 Å². The second kappa shape index (κ2) is 7.16. The Labute approximate surface area is 142 Å². The van der Waals surface area contributed by atoms with Crippen molar-refractivity contribution in [3.8, 4) is 0 Å². The molecule has 2 unspecified atom stereocenters. The van der Waals surface area contributed by atoms with Crippen LogP contribution in [0.2, 0.25) is 0 Å². The highest BCUT2D eigenvalue weighted by Crippen LogP contribution is 2.37. The van der Waals surface area contributed by atoms with Crippen LogP contribution in [0.25, 0.3) is 0 Å². The van der Waals surface area contributed by atoms with Gasteiger partial charge in [0.15, 0.2) is 0 Å². The van der Waals surface area contributed by atoms with Crippen molar-refractivity contribution in [2.24, 2.45) is 11.8 Å². The molecular formula is C19H24N2O3. The van der Waals surface area contributed by atoms with Gasteiger partial charge in [0.25, 0.3) is 0 Å². The number of carbonyl (C=O) groups is 3. The molecule has 2 atom stereocenters. The van der Waals surface area contributed by atoms with Gasteiger partial charge in [0, 0.05) is 19.5 Å². The predicted octanol–water partition coefficient (Wildman–Crippen LogP) is 2.18. The molecule has 2 fully saturated rings.